The number of anilines is 1. The summed E-state index contributed by atoms with van der Waals surface area (Å²) >= 11 is 1.38. The number of aryl methyl sites for hydroxylation is 1. The van der Waals surface area contributed by atoms with Gasteiger partial charge in [0, 0.05) is 36.4 Å². The predicted octanol–water partition coefficient (Wildman–Crippen LogP) is 2.00. The standard InChI is InChI=1S/C17H21N5O2S/c1-21-12-6-3-2-5-11(12)14(20-21)16(24)22-9-4-7-13(22)15(23)19-17-18-8-10-25-17/h8,10,13H,2-7,9H2,1H3,(H,18,19,23). The van der Waals surface area contributed by atoms with Crippen molar-refractivity contribution in [2.24, 2.45) is 7.05 Å². The normalized spacial score (nSPS) is 19.7. The zero-order chi connectivity index (χ0) is 17.4. The van der Waals surface area contributed by atoms with E-state index in [0.717, 1.165) is 43.4 Å². The van der Waals surface area contributed by atoms with Crippen molar-refractivity contribution in [3.05, 3.63) is 28.5 Å². The van der Waals surface area contributed by atoms with Crippen molar-refractivity contribution in [2.75, 3.05) is 11.9 Å². The lowest BCUT2D eigenvalue weighted by atomic mass is 9.95. The quantitative estimate of drug-likeness (QED) is 0.909. The molecule has 132 valence electrons. The number of nitrogens with zero attached hydrogens (tertiary/aromatic N) is 4. The fourth-order valence-corrected chi connectivity index (χ4v) is 4.37. The number of carbonyl (C=O) groups excluding carboxylic acids is 2. The van der Waals surface area contributed by atoms with Gasteiger partial charge in [-0.3, -0.25) is 14.3 Å². The zero-order valence-electron chi connectivity index (χ0n) is 14.2. The summed E-state index contributed by atoms with van der Waals surface area (Å²) in [6, 6.07) is -0.447. The molecule has 2 aliphatic rings. The molecule has 1 aliphatic carbocycles. The Balaban J connectivity index is 1.56. The second-order valence-corrected chi connectivity index (χ2v) is 7.48. The van der Waals surface area contributed by atoms with Crippen molar-refractivity contribution in [1.29, 1.82) is 0 Å². The lowest BCUT2D eigenvalue weighted by molar-refractivity contribution is -0.119. The number of aromatic nitrogens is 3. The zero-order valence-corrected chi connectivity index (χ0v) is 15.0. The highest BCUT2D eigenvalue weighted by atomic mass is 32.1. The second kappa shape index (κ2) is 6.59. The molecule has 0 radical (unpaired) electrons. The minimum atomic E-state index is -0.447. The number of rotatable bonds is 3. The first-order valence-electron chi connectivity index (χ1n) is 8.71. The molecule has 2 aromatic heterocycles. The molecule has 1 saturated heterocycles. The molecule has 1 aliphatic heterocycles. The number of amides is 2. The van der Waals surface area contributed by atoms with E-state index in [2.05, 4.69) is 15.4 Å². The van der Waals surface area contributed by atoms with Gasteiger partial charge in [-0.25, -0.2) is 4.98 Å². The second-order valence-electron chi connectivity index (χ2n) is 6.59. The minimum absolute atomic E-state index is 0.115. The van der Waals surface area contributed by atoms with Crippen molar-refractivity contribution in [2.45, 2.75) is 44.6 Å². The van der Waals surface area contributed by atoms with Crippen LogP contribution in [0.25, 0.3) is 0 Å². The maximum atomic E-state index is 13.1. The highest BCUT2D eigenvalue weighted by Gasteiger charge is 2.37. The van der Waals surface area contributed by atoms with Gasteiger partial charge < -0.3 is 10.2 Å². The van der Waals surface area contributed by atoms with Gasteiger partial charge in [0.15, 0.2) is 10.8 Å². The van der Waals surface area contributed by atoms with Crippen LogP contribution in [0.1, 0.15) is 47.4 Å². The van der Waals surface area contributed by atoms with Crippen LogP contribution in [0, 0.1) is 0 Å². The van der Waals surface area contributed by atoms with Gasteiger partial charge in [-0.1, -0.05) is 0 Å². The summed E-state index contributed by atoms with van der Waals surface area (Å²) in [5.74, 6) is -0.277. The largest absolute Gasteiger partial charge is 0.325 e. The average molecular weight is 359 g/mol. The minimum Gasteiger partial charge on any atom is -0.325 e. The summed E-state index contributed by atoms with van der Waals surface area (Å²) < 4.78 is 1.84. The molecule has 0 bridgehead atoms. The molecule has 1 unspecified atom stereocenters. The van der Waals surface area contributed by atoms with Gasteiger partial charge in [0.25, 0.3) is 5.91 Å². The van der Waals surface area contributed by atoms with Crippen LogP contribution in [-0.4, -0.2) is 44.1 Å². The van der Waals surface area contributed by atoms with Crippen LogP contribution in [-0.2, 0) is 24.7 Å². The van der Waals surface area contributed by atoms with E-state index in [4.69, 9.17) is 0 Å². The van der Waals surface area contributed by atoms with Gasteiger partial charge in [-0.15, -0.1) is 11.3 Å². The number of likely N-dealkylation sites (tertiary alicyclic amines) is 1. The molecular weight excluding hydrogens is 338 g/mol. The molecule has 3 heterocycles. The third kappa shape index (κ3) is 2.95. The van der Waals surface area contributed by atoms with Crippen molar-refractivity contribution in [1.82, 2.24) is 19.7 Å². The number of carbonyl (C=O) groups is 2. The first kappa shape index (κ1) is 16.3. The van der Waals surface area contributed by atoms with Crippen LogP contribution in [0.2, 0.25) is 0 Å². The van der Waals surface area contributed by atoms with Crippen LogP contribution in [0.15, 0.2) is 11.6 Å². The Bertz CT molecular complexity index is 798. The van der Waals surface area contributed by atoms with Gasteiger partial charge in [-0.2, -0.15) is 5.10 Å². The molecular formula is C17H21N5O2S. The Hall–Kier alpha value is -2.22. The topological polar surface area (TPSA) is 80.1 Å². The fourth-order valence-electron chi connectivity index (χ4n) is 3.84. The summed E-state index contributed by atoms with van der Waals surface area (Å²) in [7, 11) is 1.90. The summed E-state index contributed by atoms with van der Waals surface area (Å²) in [4.78, 5) is 31.5. The van der Waals surface area contributed by atoms with Crippen LogP contribution in [0.3, 0.4) is 0 Å². The number of fused-ring (bicyclic) bond motifs is 1. The predicted molar refractivity (Wildman–Crippen MR) is 94.7 cm³/mol. The monoisotopic (exact) mass is 359 g/mol. The summed E-state index contributed by atoms with van der Waals surface area (Å²) in [6.45, 7) is 0.597. The number of hydrogen-bond donors (Lipinski definition) is 1. The summed E-state index contributed by atoms with van der Waals surface area (Å²) in [5.41, 5.74) is 2.77. The van der Waals surface area contributed by atoms with Gasteiger partial charge in [0.1, 0.15) is 6.04 Å². The van der Waals surface area contributed by atoms with Gasteiger partial charge >= 0.3 is 0 Å². The molecule has 2 aromatic rings. The molecule has 1 atom stereocenters. The third-order valence-corrected chi connectivity index (χ3v) is 5.74. The van der Waals surface area contributed by atoms with E-state index >= 15 is 0 Å². The highest BCUT2D eigenvalue weighted by Crippen LogP contribution is 2.28. The summed E-state index contributed by atoms with van der Waals surface area (Å²) in [5, 5.41) is 9.69. The van der Waals surface area contributed by atoms with Crippen LogP contribution < -0.4 is 5.32 Å². The van der Waals surface area contributed by atoms with E-state index in [1.807, 2.05) is 17.1 Å². The van der Waals surface area contributed by atoms with E-state index in [-0.39, 0.29) is 11.8 Å². The highest BCUT2D eigenvalue weighted by molar-refractivity contribution is 7.13. The van der Waals surface area contributed by atoms with Crippen molar-refractivity contribution < 1.29 is 9.59 Å². The Morgan fingerprint density at radius 1 is 1.28 bits per heavy atom. The van der Waals surface area contributed by atoms with Crippen LogP contribution in [0.4, 0.5) is 5.13 Å². The Morgan fingerprint density at radius 3 is 2.92 bits per heavy atom. The lowest BCUT2D eigenvalue weighted by Crippen LogP contribution is -2.43. The molecule has 1 fully saturated rings. The van der Waals surface area contributed by atoms with Crippen LogP contribution in [0.5, 0.6) is 0 Å². The maximum Gasteiger partial charge on any atom is 0.275 e. The van der Waals surface area contributed by atoms with Crippen LogP contribution >= 0.6 is 11.3 Å². The first-order valence-corrected chi connectivity index (χ1v) is 9.59. The molecule has 2 amide bonds. The van der Waals surface area contributed by atoms with Gasteiger partial charge in [0.2, 0.25) is 5.91 Å². The van der Waals surface area contributed by atoms with Gasteiger partial charge in [-0.05, 0) is 38.5 Å². The van der Waals surface area contributed by atoms with Crippen molar-refractivity contribution in [3.8, 4) is 0 Å². The van der Waals surface area contributed by atoms with Gasteiger partial charge in [0.05, 0.1) is 0 Å². The van der Waals surface area contributed by atoms with E-state index < -0.39 is 6.04 Å². The molecule has 0 aromatic carbocycles. The molecule has 4 rings (SSSR count). The average Bonchev–Trinajstić information content (AvgIpc) is 3.35. The third-order valence-electron chi connectivity index (χ3n) is 5.05. The maximum absolute atomic E-state index is 13.1. The molecule has 7 nitrogen and oxygen atoms in total. The van der Waals surface area contributed by atoms with Crippen molar-refractivity contribution in [3.63, 3.8) is 0 Å². The smallest absolute Gasteiger partial charge is 0.275 e. The van der Waals surface area contributed by atoms with E-state index in [1.54, 1.807) is 11.1 Å². The Kier molecular flexibility index (Phi) is 4.29. The molecule has 1 N–H and O–H groups in total. The molecule has 0 spiro atoms. The fraction of sp³-hybridized carbons (Fsp3) is 0.529. The number of nitrogens with one attached hydrogen (secondary N) is 1. The van der Waals surface area contributed by atoms with E-state index in [1.165, 1.54) is 11.3 Å². The molecule has 25 heavy (non-hydrogen) atoms. The Labute approximate surface area is 150 Å². The SMILES string of the molecule is Cn1nc(C(=O)N2CCCC2C(=O)Nc2nccs2)c2c1CCCC2. The van der Waals surface area contributed by atoms with E-state index in [9.17, 15) is 9.59 Å². The number of thiazole rings is 1. The summed E-state index contributed by atoms with van der Waals surface area (Å²) in [6.07, 6.45) is 7.26. The van der Waals surface area contributed by atoms with Crippen molar-refractivity contribution >= 4 is 28.3 Å². The molecule has 8 heteroatoms. The number of hydrogen-bond acceptors (Lipinski definition) is 5. The lowest BCUT2D eigenvalue weighted by Gasteiger charge is -2.23. The first-order chi connectivity index (χ1) is 12.1. The Morgan fingerprint density at radius 2 is 2.12 bits per heavy atom. The molecule has 0 saturated carbocycles. The van der Waals surface area contributed by atoms with E-state index in [0.29, 0.717) is 23.8 Å².